The van der Waals surface area contributed by atoms with Gasteiger partial charge in [-0.05, 0) is 23.3 Å². The summed E-state index contributed by atoms with van der Waals surface area (Å²) in [6.07, 6.45) is -1.32. The maximum Gasteiger partial charge on any atom is 0.338 e. The van der Waals surface area contributed by atoms with Gasteiger partial charge in [0, 0.05) is 13.5 Å². The highest BCUT2D eigenvalue weighted by atomic mass is 16.7. The number of hydrogen-bond donors (Lipinski definition) is 1. The first-order valence-corrected chi connectivity index (χ1v) is 7.86. The minimum absolute atomic E-state index is 0.000294. The van der Waals surface area contributed by atoms with E-state index in [4.69, 9.17) is 14.2 Å². The van der Waals surface area contributed by atoms with Crippen molar-refractivity contribution in [3.63, 3.8) is 0 Å². The molecule has 2 aromatic carbocycles. The highest BCUT2D eigenvalue weighted by molar-refractivity contribution is 5.90. The highest BCUT2D eigenvalue weighted by Gasteiger charge is 2.34. The van der Waals surface area contributed by atoms with Crippen LogP contribution < -0.4 is 0 Å². The number of carbonyl (C=O) groups is 1. The Kier molecular flexibility index (Phi) is 5.25. The Hall–Kier alpha value is -2.21. The van der Waals surface area contributed by atoms with E-state index >= 15 is 0 Å². The van der Waals surface area contributed by atoms with Gasteiger partial charge in [0.1, 0.15) is 12.7 Å². The van der Waals surface area contributed by atoms with Gasteiger partial charge in [0.05, 0.1) is 11.7 Å². The molecule has 1 fully saturated rings. The van der Waals surface area contributed by atoms with Gasteiger partial charge in [-0.15, -0.1) is 0 Å². The molecule has 3 rings (SSSR count). The van der Waals surface area contributed by atoms with E-state index in [-0.39, 0.29) is 6.61 Å². The number of rotatable bonds is 5. The van der Waals surface area contributed by atoms with Gasteiger partial charge in [-0.1, -0.05) is 42.5 Å². The van der Waals surface area contributed by atoms with Gasteiger partial charge in [0.2, 0.25) is 0 Å². The summed E-state index contributed by atoms with van der Waals surface area (Å²) >= 11 is 0. The second kappa shape index (κ2) is 7.57. The topological polar surface area (TPSA) is 65.0 Å². The molecule has 0 aromatic heterocycles. The predicted octanol–water partition coefficient (Wildman–Crippen LogP) is 2.63. The van der Waals surface area contributed by atoms with Gasteiger partial charge in [-0.3, -0.25) is 0 Å². The molecule has 2 aromatic rings. The van der Waals surface area contributed by atoms with Gasteiger partial charge in [-0.2, -0.15) is 0 Å². The summed E-state index contributed by atoms with van der Waals surface area (Å²) < 4.78 is 15.7. The van der Waals surface area contributed by atoms with E-state index in [0.717, 1.165) is 11.1 Å². The Morgan fingerprint density at radius 1 is 1.12 bits per heavy atom. The number of benzene rings is 2. The number of carbonyl (C=O) groups excluding carboxylic acids is 1. The first-order chi connectivity index (χ1) is 11.7. The predicted molar refractivity (Wildman–Crippen MR) is 88.5 cm³/mol. The van der Waals surface area contributed by atoms with Crippen LogP contribution in [0.2, 0.25) is 0 Å². The number of aliphatic hydroxyl groups is 1. The van der Waals surface area contributed by atoms with Crippen molar-refractivity contribution in [3.8, 4) is 11.1 Å². The molecule has 3 atom stereocenters. The monoisotopic (exact) mass is 328 g/mol. The van der Waals surface area contributed by atoms with Gasteiger partial charge >= 0.3 is 5.97 Å². The maximum atomic E-state index is 12.1. The molecule has 1 heterocycles. The minimum Gasteiger partial charge on any atom is -0.459 e. The molecule has 1 aliphatic rings. The summed E-state index contributed by atoms with van der Waals surface area (Å²) in [5.74, 6) is -0.439. The zero-order chi connectivity index (χ0) is 16.9. The molecule has 0 aliphatic carbocycles. The molecule has 126 valence electrons. The van der Waals surface area contributed by atoms with Crippen LogP contribution in [0.25, 0.3) is 11.1 Å². The quantitative estimate of drug-likeness (QED) is 0.855. The standard InChI is InChI=1S/C19H20O5/c1-22-18-11-16(20)17(24-18)12-23-19(21)15-9-7-14(8-10-15)13-5-3-2-4-6-13/h2-10,16-18,20H,11-12H2,1H3/t16-,17+,18+/m0/s1. The van der Waals surface area contributed by atoms with Crippen LogP contribution in [0.5, 0.6) is 0 Å². The fourth-order valence-corrected chi connectivity index (χ4v) is 2.66. The SMILES string of the molecule is CO[C@H]1C[C@H](O)[C@@H](COC(=O)c2ccc(-c3ccccc3)cc2)O1. The molecule has 0 spiro atoms. The largest absolute Gasteiger partial charge is 0.459 e. The lowest BCUT2D eigenvalue weighted by molar-refractivity contribution is -0.128. The van der Waals surface area contributed by atoms with Crippen LogP contribution in [0.15, 0.2) is 54.6 Å². The van der Waals surface area contributed by atoms with Gasteiger partial charge in [0.15, 0.2) is 6.29 Å². The van der Waals surface area contributed by atoms with Crippen molar-refractivity contribution in [1.29, 1.82) is 0 Å². The minimum atomic E-state index is -0.691. The molecule has 0 saturated carbocycles. The molecular weight excluding hydrogens is 308 g/mol. The third kappa shape index (κ3) is 3.82. The average Bonchev–Trinajstić information content (AvgIpc) is 3.00. The summed E-state index contributed by atoms with van der Waals surface area (Å²) in [6.45, 7) is 0.000294. The number of methoxy groups -OCH3 is 1. The highest BCUT2D eigenvalue weighted by Crippen LogP contribution is 2.22. The van der Waals surface area contributed by atoms with E-state index in [9.17, 15) is 9.90 Å². The third-order valence-electron chi connectivity index (χ3n) is 4.06. The van der Waals surface area contributed by atoms with Crippen LogP contribution in [0, 0.1) is 0 Å². The van der Waals surface area contributed by atoms with Crippen molar-refractivity contribution < 1.29 is 24.1 Å². The smallest absolute Gasteiger partial charge is 0.338 e. The van der Waals surface area contributed by atoms with Crippen molar-refractivity contribution in [1.82, 2.24) is 0 Å². The second-order valence-electron chi connectivity index (χ2n) is 5.68. The van der Waals surface area contributed by atoms with Crippen molar-refractivity contribution in [3.05, 3.63) is 60.2 Å². The van der Waals surface area contributed by atoms with Crippen molar-refractivity contribution in [2.75, 3.05) is 13.7 Å². The molecule has 5 heteroatoms. The van der Waals surface area contributed by atoms with Crippen LogP contribution in [-0.4, -0.2) is 43.3 Å². The first-order valence-electron chi connectivity index (χ1n) is 7.86. The Morgan fingerprint density at radius 3 is 2.42 bits per heavy atom. The molecule has 1 aliphatic heterocycles. The number of ether oxygens (including phenoxy) is 3. The molecule has 5 nitrogen and oxygen atoms in total. The molecule has 0 amide bonds. The number of aliphatic hydroxyl groups excluding tert-OH is 1. The Bertz CT molecular complexity index is 668. The lowest BCUT2D eigenvalue weighted by atomic mass is 10.0. The van der Waals surface area contributed by atoms with Crippen LogP contribution in [0.3, 0.4) is 0 Å². The summed E-state index contributed by atoms with van der Waals surface area (Å²) in [4.78, 5) is 12.1. The lowest BCUT2D eigenvalue weighted by Crippen LogP contribution is -2.28. The summed E-state index contributed by atoms with van der Waals surface area (Å²) in [5, 5.41) is 9.84. The van der Waals surface area contributed by atoms with Crippen LogP contribution in [0.4, 0.5) is 0 Å². The molecule has 24 heavy (non-hydrogen) atoms. The van der Waals surface area contributed by atoms with E-state index in [1.54, 1.807) is 12.1 Å². The molecule has 0 bridgehead atoms. The summed E-state index contributed by atoms with van der Waals surface area (Å²) in [7, 11) is 1.51. The zero-order valence-electron chi connectivity index (χ0n) is 13.4. The van der Waals surface area contributed by atoms with Crippen LogP contribution >= 0.6 is 0 Å². The van der Waals surface area contributed by atoms with E-state index < -0.39 is 24.5 Å². The van der Waals surface area contributed by atoms with Crippen molar-refractivity contribution in [2.24, 2.45) is 0 Å². The van der Waals surface area contributed by atoms with Crippen molar-refractivity contribution in [2.45, 2.75) is 24.9 Å². The lowest BCUT2D eigenvalue weighted by Gasteiger charge is -2.14. The molecular formula is C19H20O5. The fourth-order valence-electron chi connectivity index (χ4n) is 2.66. The zero-order valence-corrected chi connectivity index (χ0v) is 13.4. The normalized spacial score (nSPS) is 23.2. The second-order valence-corrected chi connectivity index (χ2v) is 5.68. The van der Waals surface area contributed by atoms with Gasteiger partial charge in [-0.25, -0.2) is 4.79 Å². The van der Waals surface area contributed by atoms with E-state index in [1.807, 2.05) is 42.5 Å². The number of hydrogen-bond acceptors (Lipinski definition) is 5. The summed E-state index contributed by atoms with van der Waals surface area (Å²) in [6, 6.07) is 17.2. The Balaban J connectivity index is 1.58. The van der Waals surface area contributed by atoms with Crippen LogP contribution in [0.1, 0.15) is 16.8 Å². The first kappa shape index (κ1) is 16.6. The van der Waals surface area contributed by atoms with Gasteiger partial charge in [0.25, 0.3) is 0 Å². The molecule has 1 saturated heterocycles. The fraction of sp³-hybridized carbons (Fsp3) is 0.316. The molecule has 0 unspecified atom stereocenters. The van der Waals surface area contributed by atoms with E-state index in [0.29, 0.717) is 12.0 Å². The molecule has 1 N–H and O–H groups in total. The van der Waals surface area contributed by atoms with E-state index in [2.05, 4.69) is 0 Å². The Labute approximate surface area is 140 Å². The number of esters is 1. The van der Waals surface area contributed by atoms with Gasteiger partial charge < -0.3 is 19.3 Å². The van der Waals surface area contributed by atoms with Crippen LogP contribution in [-0.2, 0) is 14.2 Å². The molecule has 0 radical (unpaired) electrons. The average molecular weight is 328 g/mol. The van der Waals surface area contributed by atoms with E-state index in [1.165, 1.54) is 7.11 Å². The maximum absolute atomic E-state index is 12.1. The summed E-state index contributed by atoms with van der Waals surface area (Å²) in [5.41, 5.74) is 2.58. The third-order valence-corrected chi connectivity index (χ3v) is 4.06. The Morgan fingerprint density at radius 2 is 1.79 bits per heavy atom. The van der Waals surface area contributed by atoms with Crippen molar-refractivity contribution >= 4 is 5.97 Å².